The Kier molecular flexibility index (Phi) is 8.01. The second kappa shape index (κ2) is 9.57. The molecule has 0 radical (unpaired) electrons. The maximum absolute atomic E-state index is 12.6. The number of hydrogen-bond donors (Lipinski definition) is 0. The van der Waals surface area contributed by atoms with Gasteiger partial charge in [-0.25, -0.2) is 0 Å². The normalized spacial score (nSPS) is 10.6. The van der Waals surface area contributed by atoms with E-state index in [1.807, 2.05) is 36.1 Å². The molecule has 2 nitrogen and oxygen atoms in total. The summed E-state index contributed by atoms with van der Waals surface area (Å²) in [4.78, 5) is 14.6. The largest absolute Gasteiger partial charge is 0.339 e. The highest BCUT2D eigenvalue weighted by atomic mass is 16.2. The molecule has 2 heteroatoms. The van der Waals surface area contributed by atoms with E-state index in [1.54, 1.807) is 0 Å². The predicted octanol–water partition coefficient (Wildman–Crippen LogP) is 4.82. The number of carbonyl (C=O) groups is 1. The van der Waals surface area contributed by atoms with Crippen molar-refractivity contribution >= 4 is 5.91 Å². The molecule has 0 fully saturated rings. The van der Waals surface area contributed by atoms with Gasteiger partial charge in [0.1, 0.15) is 0 Å². The third-order valence-corrected chi connectivity index (χ3v) is 3.65. The third-order valence-electron chi connectivity index (χ3n) is 3.65. The molecule has 0 saturated carbocycles. The van der Waals surface area contributed by atoms with Gasteiger partial charge in [-0.3, -0.25) is 4.79 Å². The molecule has 0 bridgehead atoms. The Morgan fingerprint density at radius 2 is 1.50 bits per heavy atom. The number of unbranched alkanes of at least 4 members (excludes halogenated alkanes) is 4. The summed E-state index contributed by atoms with van der Waals surface area (Å²) in [6, 6.07) is 7.93. The number of amides is 1. The van der Waals surface area contributed by atoms with E-state index in [2.05, 4.69) is 13.8 Å². The number of nitrogens with zero attached hydrogens (tertiary/aromatic N) is 1. The van der Waals surface area contributed by atoms with Gasteiger partial charge in [0.15, 0.2) is 0 Å². The van der Waals surface area contributed by atoms with Gasteiger partial charge in [-0.05, 0) is 31.9 Å². The van der Waals surface area contributed by atoms with Crippen molar-refractivity contribution in [3.63, 3.8) is 0 Å². The van der Waals surface area contributed by atoms with Crippen molar-refractivity contribution in [1.29, 1.82) is 0 Å². The number of carbonyl (C=O) groups excluding carboxylic acids is 1. The molecule has 0 heterocycles. The molecule has 0 aromatic heterocycles. The first-order valence-electron chi connectivity index (χ1n) is 8.05. The van der Waals surface area contributed by atoms with E-state index in [0.29, 0.717) is 0 Å². The van der Waals surface area contributed by atoms with E-state index in [1.165, 1.54) is 24.8 Å². The van der Waals surface area contributed by atoms with Crippen molar-refractivity contribution in [1.82, 2.24) is 4.90 Å². The summed E-state index contributed by atoms with van der Waals surface area (Å²) in [5, 5.41) is 0. The van der Waals surface area contributed by atoms with Crippen LogP contribution in [-0.4, -0.2) is 23.9 Å². The van der Waals surface area contributed by atoms with Crippen molar-refractivity contribution in [2.24, 2.45) is 0 Å². The highest BCUT2D eigenvalue weighted by Crippen LogP contribution is 2.10. The summed E-state index contributed by atoms with van der Waals surface area (Å²) < 4.78 is 0. The SMILES string of the molecule is CCCCCCN(CCCC)C(=O)c1ccc(C)cc1. The van der Waals surface area contributed by atoms with Crippen LogP contribution in [0.1, 0.15) is 68.3 Å². The Hall–Kier alpha value is -1.31. The molecule has 0 spiro atoms. The number of hydrogen-bond acceptors (Lipinski definition) is 1. The average molecular weight is 275 g/mol. The van der Waals surface area contributed by atoms with E-state index in [9.17, 15) is 4.79 Å². The molecule has 1 aromatic rings. The highest BCUT2D eigenvalue weighted by molar-refractivity contribution is 5.94. The first kappa shape index (κ1) is 16.7. The molecular formula is C18H29NO. The maximum Gasteiger partial charge on any atom is 0.253 e. The van der Waals surface area contributed by atoms with Gasteiger partial charge in [-0.2, -0.15) is 0 Å². The van der Waals surface area contributed by atoms with Crippen molar-refractivity contribution in [2.75, 3.05) is 13.1 Å². The minimum absolute atomic E-state index is 0.190. The van der Waals surface area contributed by atoms with Crippen LogP contribution in [0.2, 0.25) is 0 Å². The van der Waals surface area contributed by atoms with E-state index in [0.717, 1.165) is 37.9 Å². The molecule has 1 rings (SSSR count). The number of rotatable bonds is 9. The molecule has 0 saturated heterocycles. The second-order valence-electron chi connectivity index (χ2n) is 5.57. The average Bonchev–Trinajstić information content (AvgIpc) is 2.47. The summed E-state index contributed by atoms with van der Waals surface area (Å²) >= 11 is 0. The van der Waals surface area contributed by atoms with Gasteiger partial charge in [0.2, 0.25) is 0 Å². The molecule has 0 aliphatic rings. The van der Waals surface area contributed by atoms with Gasteiger partial charge < -0.3 is 4.90 Å². The van der Waals surface area contributed by atoms with Crippen LogP contribution in [0.25, 0.3) is 0 Å². The minimum Gasteiger partial charge on any atom is -0.339 e. The lowest BCUT2D eigenvalue weighted by Crippen LogP contribution is -2.33. The topological polar surface area (TPSA) is 20.3 Å². The van der Waals surface area contributed by atoms with Crippen molar-refractivity contribution in [2.45, 2.75) is 59.3 Å². The summed E-state index contributed by atoms with van der Waals surface area (Å²) in [5.41, 5.74) is 2.02. The van der Waals surface area contributed by atoms with Crippen molar-refractivity contribution < 1.29 is 4.79 Å². The fourth-order valence-electron chi connectivity index (χ4n) is 2.27. The second-order valence-corrected chi connectivity index (χ2v) is 5.57. The Balaban J connectivity index is 2.60. The van der Waals surface area contributed by atoms with Gasteiger partial charge in [0.25, 0.3) is 5.91 Å². The monoisotopic (exact) mass is 275 g/mol. The Morgan fingerprint density at radius 1 is 0.900 bits per heavy atom. The van der Waals surface area contributed by atoms with Crippen molar-refractivity contribution in [3.8, 4) is 0 Å². The van der Waals surface area contributed by atoms with Crippen LogP contribution in [-0.2, 0) is 0 Å². The summed E-state index contributed by atoms with van der Waals surface area (Å²) in [6.07, 6.45) is 7.06. The summed E-state index contributed by atoms with van der Waals surface area (Å²) in [6.45, 7) is 8.22. The zero-order chi connectivity index (χ0) is 14.8. The lowest BCUT2D eigenvalue weighted by molar-refractivity contribution is 0.0750. The van der Waals surface area contributed by atoms with Gasteiger partial charge in [-0.1, -0.05) is 57.2 Å². The molecule has 1 amide bonds. The fourth-order valence-corrected chi connectivity index (χ4v) is 2.27. The van der Waals surface area contributed by atoms with Gasteiger partial charge in [-0.15, -0.1) is 0 Å². The van der Waals surface area contributed by atoms with Crippen LogP contribution in [0.4, 0.5) is 0 Å². The van der Waals surface area contributed by atoms with Crippen molar-refractivity contribution in [3.05, 3.63) is 35.4 Å². The Bertz CT molecular complexity index is 383. The molecule has 0 unspecified atom stereocenters. The van der Waals surface area contributed by atoms with Gasteiger partial charge >= 0.3 is 0 Å². The smallest absolute Gasteiger partial charge is 0.253 e. The first-order chi connectivity index (χ1) is 9.69. The highest BCUT2D eigenvalue weighted by Gasteiger charge is 2.14. The quantitative estimate of drug-likeness (QED) is 0.592. The third kappa shape index (κ3) is 5.77. The molecule has 112 valence electrons. The molecule has 1 aromatic carbocycles. The molecule has 20 heavy (non-hydrogen) atoms. The van der Waals surface area contributed by atoms with Crippen LogP contribution in [0, 0.1) is 6.92 Å². The lowest BCUT2D eigenvalue weighted by atomic mass is 10.1. The van der Waals surface area contributed by atoms with Crippen LogP contribution in [0.3, 0.4) is 0 Å². The summed E-state index contributed by atoms with van der Waals surface area (Å²) in [5.74, 6) is 0.190. The molecular weight excluding hydrogens is 246 g/mol. The first-order valence-corrected chi connectivity index (χ1v) is 8.05. The van der Waals surface area contributed by atoms with Gasteiger partial charge in [0.05, 0.1) is 0 Å². The Morgan fingerprint density at radius 3 is 2.10 bits per heavy atom. The molecule has 0 aliphatic heterocycles. The van der Waals surface area contributed by atoms with E-state index < -0.39 is 0 Å². The molecule has 0 aliphatic carbocycles. The van der Waals surface area contributed by atoms with E-state index in [-0.39, 0.29) is 5.91 Å². The standard InChI is InChI=1S/C18H29NO/c1-4-6-8-9-15-19(14-7-5-2)18(20)17-12-10-16(3)11-13-17/h10-13H,4-9,14-15H2,1-3H3. The Labute approximate surface area is 124 Å². The van der Waals surface area contributed by atoms with Crippen LogP contribution < -0.4 is 0 Å². The van der Waals surface area contributed by atoms with Crippen LogP contribution >= 0.6 is 0 Å². The van der Waals surface area contributed by atoms with Crippen LogP contribution in [0.15, 0.2) is 24.3 Å². The fraction of sp³-hybridized carbons (Fsp3) is 0.611. The summed E-state index contributed by atoms with van der Waals surface area (Å²) in [7, 11) is 0. The molecule has 0 N–H and O–H groups in total. The minimum atomic E-state index is 0.190. The zero-order valence-electron chi connectivity index (χ0n) is 13.3. The van der Waals surface area contributed by atoms with Crippen LogP contribution in [0.5, 0.6) is 0 Å². The predicted molar refractivity (Wildman–Crippen MR) is 86.1 cm³/mol. The van der Waals surface area contributed by atoms with Gasteiger partial charge in [0, 0.05) is 18.7 Å². The number of benzene rings is 1. The number of aryl methyl sites for hydroxylation is 1. The van der Waals surface area contributed by atoms with E-state index in [4.69, 9.17) is 0 Å². The zero-order valence-corrected chi connectivity index (χ0v) is 13.3. The molecule has 0 atom stereocenters. The maximum atomic E-state index is 12.6. The lowest BCUT2D eigenvalue weighted by Gasteiger charge is -2.22. The van der Waals surface area contributed by atoms with E-state index >= 15 is 0 Å².